The van der Waals surface area contributed by atoms with Gasteiger partial charge >= 0.3 is 6.18 Å². The molecule has 2 fully saturated rings. The highest BCUT2D eigenvalue weighted by Crippen LogP contribution is 2.54. The second-order valence-electron chi connectivity index (χ2n) is 9.25. The SMILES string of the molecule is CC1(c2onc(-c3onc4c3CCc3cc(CN5CCC5)ccc3-4)c2C(F)(F)F)CC1. The van der Waals surface area contributed by atoms with Crippen LogP contribution in [-0.4, -0.2) is 28.3 Å². The molecule has 162 valence electrons. The number of likely N-dealkylation sites (tertiary alicyclic amines) is 1. The molecule has 1 saturated heterocycles. The van der Waals surface area contributed by atoms with E-state index in [1.54, 1.807) is 6.92 Å². The number of halogens is 3. The summed E-state index contributed by atoms with van der Waals surface area (Å²) < 4.78 is 52.7. The lowest BCUT2D eigenvalue weighted by Gasteiger charge is -2.31. The quantitative estimate of drug-likeness (QED) is 0.558. The molecule has 0 amide bonds. The maximum absolute atomic E-state index is 14.0. The number of hydrogen-bond donors (Lipinski definition) is 0. The Morgan fingerprint density at radius 2 is 1.84 bits per heavy atom. The standard InChI is InChI=1S/C23H22F3N3O2/c1-22(7-8-22)21-17(23(24,25)26)19(28-31-21)20-16-6-4-14-11-13(12-29-9-2-10-29)3-5-15(14)18(16)27-30-20/h3,5,11H,2,4,6-10,12H2,1H3. The second kappa shape index (κ2) is 6.45. The van der Waals surface area contributed by atoms with E-state index >= 15 is 0 Å². The Hall–Kier alpha value is -2.61. The molecule has 1 aliphatic heterocycles. The first-order valence-corrected chi connectivity index (χ1v) is 10.7. The highest BCUT2D eigenvalue weighted by atomic mass is 19.4. The molecule has 1 saturated carbocycles. The van der Waals surface area contributed by atoms with Gasteiger partial charge in [-0.1, -0.05) is 35.4 Å². The summed E-state index contributed by atoms with van der Waals surface area (Å²) in [5.74, 6) is -0.0103. The molecule has 0 N–H and O–H groups in total. The number of rotatable bonds is 4. The van der Waals surface area contributed by atoms with Crippen molar-refractivity contribution in [3.8, 4) is 22.7 Å². The Labute approximate surface area is 177 Å². The third-order valence-corrected chi connectivity index (χ3v) is 6.95. The van der Waals surface area contributed by atoms with Crippen LogP contribution in [-0.2, 0) is 31.0 Å². The van der Waals surface area contributed by atoms with Crippen LogP contribution in [0.25, 0.3) is 22.7 Å². The van der Waals surface area contributed by atoms with Gasteiger partial charge in [-0.25, -0.2) is 0 Å². The molecule has 31 heavy (non-hydrogen) atoms. The van der Waals surface area contributed by atoms with Gasteiger partial charge in [-0.15, -0.1) is 0 Å². The normalized spacial score (nSPS) is 19.6. The van der Waals surface area contributed by atoms with E-state index in [2.05, 4.69) is 27.3 Å². The van der Waals surface area contributed by atoms with Crippen LogP contribution >= 0.6 is 0 Å². The number of alkyl halides is 3. The summed E-state index contributed by atoms with van der Waals surface area (Å²) in [6.45, 7) is 4.97. The van der Waals surface area contributed by atoms with E-state index in [1.165, 1.54) is 12.0 Å². The molecule has 0 atom stereocenters. The molecule has 0 unspecified atom stereocenters. The van der Waals surface area contributed by atoms with Crippen molar-refractivity contribution in [2.75, 3.05) is 13.1 Å². The highest BCUT2D eigenvalue weighted by Gasteiger charge is 2.52. The molecule has 2 aromatic heterocycles. The van der Waals surface area contributed by atoms with Gasteiger partial charge in [0.1, 0.15) is 11.3 Å². The zero-order valence-corrected chi connectivity index (χ0v) is 17.2. The Balaban J connectivity index is 1.40. The summed E-state index contributed by atoms with van der Waals surface area (Å²) in [6.07, 6.45) is -0.717. The Kier molecular flexibility index (Phi) is 3.97. The molecule has 3 aliphatic rings. The minimum absolute atomic E-state index is 0.0804. The maximum Gasteiger partial charge on any atom is 0.422 e. The molecule has 2 aliphatic carbocycles. The fraction of sp³-hybridized carbons (Fsp3) is 0.478. The second-order valence-corrected chi connectivity index (χ2v) is 9.25. The minimum atomic E-state index is -4.58. The van der Waals surface area contributed by atoms with Crippen molar-refractivity contribution in [1.29, 1.82) is 0 Å². The van der Waals surface area contributed by atoms with Gasteiger partial charge in [0, 0.05) is 23.1 Å². The summed E-state index contributed by atoms with van der Waals surface area (Å²) in [4.78, 5) is 2.39. The first-order valence-electron chi connectivity index (χ1n) is 10.7. The number of fused-ring (bicyclic) bond motifs is 3. The van der Waals surface area contributed by atoms with Crippen molar-refractivity contribution < 1.29 is 22.2 Å². The molecule has 0 spiro atoms. The first-order chi connectivity index (χ1) is 14.8. The first kappa shape index (κ1) is 19.1. The Bertz CT molecular complexity index is 1170. The average Bonchev–Trinajstić information content (AvgIpc) is 3.13. The van der Waals surface area contributed by atoms with Gasteiger partial charge in [-0.3, -0.25) is 4.90 Å². The lowest BCUT2D eigenvalue weighted by atomic mass is 9.87. The Morgan fingerprint density at radius 1 is 1.06 bits per heavy atom. The van der Waals surface area contributed by atoms with Crippen LogP contribution in [0.5, 0.6) is 0 Å². The lowest BCUT2D eigenvalue weighted by Crippen LogP contribution is -2.36. The number of hydrogen-bond acceptors (Lipinski definition) is 5. The molecular weight excluding hydrogens is 407 g/mol. The summed E-state index contributed by atoms with van der Waals surface area (Å²) >= 11 is 0. The third kappa shape index (κ3) is 3.03. The fourth-order valence-corrected chi connectivity index (χ4v) is 4.71. The maximum atomic E-state index is 14.0. The van der Waals surface area contributed by atoms with E-state index in [-0.39, 0.29) is 17.2 Å². The van der Waals surface area contributed by atoms with Crippen LogP contribution in [0.3, 0.4) is 0 Å². The summed E-state index contributed by atoms with van der Waals surface area (Å²) in [7, 11) is 0. The molecule has 3 heterocycles. The minimum Gasteiger partial charge on any atom is -0.359 e. The van der Waals surface area contributed by atoms with Gasteiger partial charge in [0.2, 0.25) is 0 Å². The van der Waals surface area contributed by atoms with Crippen LogP contribution in [0.2, 0.25) is 0 Å². The van der Waals surface area contributed by atoms with Gasteiger partial charge in [0.15, 0.2) is 17.2 Å². The number of aryl methyl sites for hydroxylation is 1. The number of benzene rings is 1. The van der Waals surface area contributed by atoms with Crippen LogP contribution < -0.4 is 0 Å². The van der Waals surface area contributed by atoms with Crippen molar-refractivity contribution in [3.63, 3.8) is 0 Å². The van der Waals surface area contributed by atoms with Crippen LogP contribution in [0, 0.1) is 0 Å². The molecule has 0 radical (unpaired) electrons. The van der Waals surface area contributed by atoms with E-state index in [4.69, 9.17) is 9.05 Å². The van der Waals surface area contributed by atoms with E-state index in [0.29, 0.717) is 30.5 Å². The molecule has 3 aromatic rings. The monoisotopic (exact) mass is 429 g/mol. The summed E-state index contributed by atoms with van der Waals surface area (Å²) in [5, 5.41) is 7.99. The number of aromatic nitrogens is 2. The van der Waals surface area contributed by atoms with E-state index in [0.717, 1.165) is 37.2 Å². The van der Waals surface area contributed by atoms with Gasteiger partial charge in [0.05, 0.1) is 0 Å². The fourth-order valence-electron chi connectivity index (χ4n) is 4.71. The van der Waals surface area contributed by atoms with E-state index < -0.39 is 17.2 Å². The van der Waals surface area contributed by atoms with Gasteiger partial charge in [0.25, 0.3) is 0 Å². The lowest BCUT2D eigenvalue weighted by molar-refractivity contribution is -0.138. The molecule has 6 rings (SSSR count). The van der Waals surface area contributed by atoms with Gasteiger partial charge < -0.3 is 9.05 Å². The zero-order valence-electron chi connectivity index (χ0n) is 17.2. The topological polar surface area (TPSA) is 55.3 Å². The zero-order chi connectivity index (χ0) is 21.4. The molecule has 1 aromatic carbocycles. The van der Waals surface area contributed by atoms with E-state index in [1.807, 2.05) is 6.07 Å². The van der Waals surface area contributed by atoms with Crippen molar-refractivity contribution in [2.24, 2.45) is 0 Å². The van der Waals surface area contributed by atoms with Crippen molar-refractivity contribution in [2.45, 2.75) is 57.2 Å². The van der Waals surface area contributed by atoms with Crippen LogP contribution in [0.15, 0.2) is 27.2 Å². The largest absolute Gasteiger partial charge is 0.422 e. The predicted octanol–water partition coefficient (Wildman–Crippen LogP) is 5.37. The predicted molar refractivity (Wildman–Crippen MR) is 106 cm³/mol. The van der Waals surface area contributed by atoms with Gasteiger partial charge in [-0.2, -0.15) is 13.2 Å². The molecule has 5 nitrogen and oxygen atoms in total. The van der Waals surface area contributed by atoms with E-state index in [9.17, 15) is 13.2 Å². The smallest absolute Gasteiger partial charge is 0.359 e. The van der Waals surface area contributed by atoms with Crippen LogP contribution in [0.1, 0.15) is 54.2 Å². The van der Waals surface area contributed by atoms with Crippen LogP contribution in [0.4, 0.5) is 13.2 Å². The third-order valence-electron chi connectivity index (χ3n) is 6.95. The van der Waals surface area contributed by atoms with Crippen molar-refractivity contribution in [3.05, 3.63) is 46.2 Å². The average molecular weight is 429 g/mol. The van der Waals surface area contributed by atoms with Gasteiger partial charge in [-0.05, 0) is 56.3 Å². The summed E-state index contributed by atoms with van der Waals surface area (Å²) in [5.41, 5.74) is 2.93. The molecular formula is C23H22F3N3O2. The molecule has 0 bridgehead atoms. The Morgan fingerprint density at radius 3 is 2.52 bits per heavy atom. The molecule has 8 heteroatoms. The summed E-state index contributed by atoms with van der Waals surface area (Å²) in [6, 6.07) is 6.27. The number of nitrogens with zero attached hydrogens (tertiary/aromatic N) is 3. The van der Waals surface area contributed by atoms with Crippen molar-refractivity contribution >= 4 is 0 Å². The van der Waals surface area contributed by atoms with Crippen molar-refractivity contribution in [1.82, 2.24) is 15.2 Å². The highest BCUT2D eigenvalue weighted by molar-refractivity contribution is 5.77.